The molecule has 0 aliphatic heterocycles. The molecular formula is C27H27F3N4O. The first-order valence-corrected chi connectivity index (χ1v) is 11.1. The molecule has 0 saturated carbocycles. The molecule has 0 heterocycles. The quantitative estimate of drug-likeness (QED) is 0.278. The topological polar surface area (TPSA) is 65.8 Å². The molecule has 3 aromatic carbocycles. The third-order valence-corrected chi connectivity index (χ3v) is 5.32. The third kappa shape index (κ3) is 7.53. The van der Waals surface area contributed by atoms with Gasteiger partial charge in [-0.3, -0.25) is 4.99 Å². The number of aliphatic imine (C=N–C) groups is 1. The van der Waals surface area contributed by atoms with Crippen LogP contribution in [0.3, 0.4) is 0 Å². The van der Waals surface area contributed by atoms with Gasteiger partial charge in [-0.05, 0) is 53.3 Å². The summed E-state index contributed by atoms with van der Waals surface area (Å²) in [5.74, 6) is 0.275. The largest absolute Gasteiger partial charge is 0.416 e. The highest BCUT2D eigenvalue weighted by Gasteiger charge is 2.29. The maximum absolute atomic E-state index is 12.7. The second-order valence-electron chi connectivity index (χ2n) is 8.28. The van der Waals surface area contributed by atoms with Gasteiger partial charge in [0.2, 0.25) is 0 Å². The summed E-state index contributed by atoms with van der Waals surface area (Å²) < 4.78 is 38.1. The number of amides is 2. The lowest BCUT2D eigenvalue weighted by molar-refractivity contribution is -0.137. The minimum absolute atomic E-state index is 0.275. The Kier molecular flexibility index (Phi) is 8.41. The second-order valence-corrected chi connectivity index (χ2v) is 8.28. The van der Waals surface area contributed by atoms with Crippen LogP contribution in [0.15, 0.2) is 82.9 Å². The maximum Gasteiger partial charge on any atom is 0.416 e. The van der Waals surface area contributed by atoms with Gasteiger partial charge in [0.05, 0.1) is 18.3 Å². The zero-order valence-electron chi connectivity index (χ0n) is 19.7. The Morgan fingerprint density at radius 1 is 0.971 bits per heavy atom. The van der Waals surface area contributed by atoms with Crippen molar-refractivity contribution < 1.29 is 18.0 Å². The van der Waals surface area contributed by atoms with Crippen LogP contribution in [0.25, 0.3) is 0 Å². The number of carbonyl (C=O) groups is 1. The number of hydrazone groups is 1. The van der Waals surface area contributed by atoms with Crippen molar-refractivity contribution in [3.63, 3.8) is 0 Å². The van der Waals surface area contributed by atoms with Crippen LogP contribution in [0.1, 0.15) is 54.5 Å². The van der Waals surface area contributed by atoms with Crippen LogP contribution in [0.2, 0.25) is 0 Å². The van der Waals surface area contributed by atoms with Crippen LogP contribution in [0.5, 0.6) is 0 Å². The number of halogens is 3. The molecule has 0 aliphatic rings. The number of carbonyl (C=O) groups excluding carboxylic acids is 1. The first kappa shape index (κ1) is 25.7. The fourth-order valence-electron chi connectivity index (χ4n) is 3.34. The summed E-state index contributed by atoms with van der Waals surface area (Å²) in [5, 5.41) is 6.79. The van der Waals surface area contributed by atoms with E-state index >= 15 is 0 Å². The highest BCUT2D eigenvalue weighted by atomic mass is 19.4. The number of nitrogens with one attached hydrogen (secondary N) is 2. The molecule has 2 amide bonds. The first-order chi connectivity index (χ1) is 16.6. The van der Waals surface area contributed by atoms with Gasteiger partial charge in [-0.1, -0.05) is 68.4 Å². The Labute approximate surface area is 202 Å². The molecular weight excluding hydrogens is 453 g/mol. The number of para-hydroxylation sites is 1. The van der Waals surface area contributed by atoms with E-state index in [0.717, 1.165) is 34.5 Å². The van der Waals surface area contributed by atoms with Gasteiger partial charge < -0.3 is 5.32 Å². The van der Waals surface area contributed by atoms with Gasteiger partial charge in [-0.15, -0.1) is 0 Å². The highest BCUT2D eigenvalue weighted by molar-refractivity contribution is 5.98. The third-order valence-electron chi connectivity index (χ3n) is 5.32. The van der Waals surface area contributed by atoms with Gasteiger partial charge in [0.15, 0.2) is 0 Å². The minimum atomic E-state index is -4.35. The number of rotatable bonds is 7. The second kappa shape index (κ2) is 11.5. The fourth-order valence-corrected chi connectivity index (χ4v) is 3.34. The van der Waals surface area contributed by atoms with E-state index in [2.05, 4.69) is 34.7 Å². The Morgan fingerprint density at radius 3 is 2.26 bits per heavy atom. The minimum Gasteiger partial charge on any atom is -0.306 e. The van der Waals surface area contributed by atoms with Crippen LogP contribution >= 0.6 is 0 Å². The average Bonchev–Trinajstić information content (AvgIpc) is 2.83. The number of hydrogen-bond donors (Lipinski definition) is 2. The molecule has 0 aromatic heterocycles. The molecule has 35 heavy (non-hydrogen) atoms. The Bertz CT molecular complexity index is 1200. The molecule has 5 nitrogen and oxygen atoms in total. The van der Waals surface area contributed by atoms with Crippen LogP contribution in [-0.4, -0.2) is 18.0 Å². The van der Waals surface area contributed by atoms with E-state index < -0.39 is 17.8 Å². The molecule has 3 aromatic rings. The summed E-state index contributed by atoms with van der Waals surface area (Å²) in [4.78, 5) is 16.6. The van der Waals surface area contributed by atoms with Crippen LogP contribution in [-0.2, 0) is 12.7 Å². The van der Waals surface area contributed by atoms with Crippen LogP contribution < -0.4 is 10.7 Å². The normalized spacial score (nSPS) is 12.3. The van der Waals surface area contributed by atoms with Crippen molar-refractivity contribution in [1.29, 1.82) is 0 Å². The zero-order valence-corrected chi connectivity index (χ0v) is 19.7. The Balaban J connectivity index is 1.53. The summed E-state index contributed by atoms with van der Waals surface area (Å²) in [6.45, 7) is 6.27. The van der Waals surface area contributed by atoms with E-state index in [0.29, 0.717) is 17.8 Å². The van der Waals surface area contributed by atoms with E-state index in [9.17, 15) is 18.0 Å². The van der Waals surface area contributed by atoms with Crippen molar-refractivity contribution in [3.8, 4) is 0 Å². The fraction of sp³-hybridized carbons (Fsp3) is 0.222. The van der Waals surface area contributed by atoms with Crippen LogP contribution in [0, 0.1) is 0 Å². The van der Waals surface area contributed by atoms with Crippen molar-refractivity contribution in [3.05, 3.63) is 101 Å². The number of benzene rings is 3. The molecule has 0 aliphatic carbocycles. The molecule has 0 spiro atoms. The molecule has 0 bridgehead atoms. The summed E-state index contributed by atoms with van der Waals surface area (Å²) in [6.07, 6.45) is -2.82. The zero-order chi connectivity index (χ0) is 25.4. The van der Waals surface area contributed by atoms with Gasteiger partial charge in [-0.2, -0.15) is 18.3 Å². The van der Waals surface area contributed by atoms with Crippen molar-refractivity contribution in [1.82, 2.24) is 5.43 Å². The molecule has 0 fully saturated rings. The van der Waals surface area contributed by atoms with E-state index in [1.807, 2.05) is 48.5 Å². The van der Waals surface area contributed by atoms with E-state index in [1.165, 1.54) is 18.3 Å². The van der Waals surface area contributed by atoms with E-state index in [1.54, 1.807) is 6.92 Å². The number of nitrogens with zero attached hydrogens (tertiary/aromatic N) is 2. The monoisotopic (exact) mass is 480 g/mol. The van der Waals surface area contributed by atoms with Gasteiger partial charge in [0, 0.05) is 11.4 Å². The molecule has 0 radical (unpaired) electrons. The van der Waals surface area contributed by atoms with Gasteiger partial charge >= 0.3 is 12.2 Å². The number of urea groups is 1. The molecule has 182 valence electrons. The van der Waals surface area contributed by atoms with Gasteiger partial charge in [-0.25, -0.2) is 10.2 Å². The SMILES string of the molecule is CC(=NCc1ccc(/C=N/NC(=O)Nc2ccccc2C(C)C)cc1)c1ccc(C(F)(F)F)cc1. The van der Waals surface area contributed by atoms with Crippen molar-refractivity contribution in [2.45, 2.75) is 39.4 Å². The van der Waals surface area contributed by atoms with Gasteiger partial charge in [0.25, 0.3) is 0 Å². The Hall–Kier alpha value is -3.94. The lowest BCUT2D eigenvalue weighted by Crippen LogP contribution is -2.24. The molecule has 3 rings (SSSR count). The van der Waals surface area contributed by atoms with Crippen molar-refractivity contribution >= 4 is 23.6 Å². The maximum atomic E-state index is 12.7. The highest BCUT2D eigenvalue weighted by Crippen LogP contribution is 2.29. The lowest BCUT2D eigenvalue weighted by Gasteiger charge is -2.12. The molecule has 0 saturated heterocycles. The number of anilines is 1. The van der Waals surface area contributed by atoms with Gasteiger partial charge in [0.1, 0.15) is 0 Å². The number of hydrogen-bond acceptors (Lipinski definition) is 3. The van der Waals surface area contributed by atoms with E-state index in [-0.39, 0.29) is 5.92 Å². The predicted octanol–water partition coefficient (Wildman–Crippen LogP) is 6.99. The number of alkyl halides is 3. The summed E-state index contributed by atoms with van der Waals surface area (Å²) in [5.41, 5.74) is 6.58. The molecule has 0 unspecified atom stereocenters. The standard InChI is InChI=1S/C27H27F3N4O/c1-18(2)24-6-4-5-7-25(24)33-26(35)34-32-17-21-10-8-20(9-11-21)16-31-19(3)22-12-14-23(15-13-22)27(28,29)30/h4-15,17-18H,16H2,1-3H3,(H2,33,34,35)/b31-19?,32-17+. The van der Waals surface area contributed by atoms with Crippen LogP contribution in [0.4, 0.5) is 23.7 Å². The molecule has 8 heteroatoms. The lowest BCUT2D eigenvalue weighted by atomic mass is 10.0. The summed E-state index contributed by atoms with van der Waals surface area (Å²) >= 11 is 0. The Morgan fingerprint density at radius 2 is 1.63 bits per heavy atom. The summed E-state index contributed by atoms with van der Waals surface area (Å²) in [7, 11) is 0. The molecule has 0 atom stereocenters. The average molecular weight is 481 g/mol. The van der Waals surface area contributed by atoms with Crippen molar-refractivity contribution in [2.75, 3.05) is 5.32 Å². The predicted molar refractivity (Wildman–Crippen MR) is 134 cm³/mol. The van der Waals surface area contributed by atoms with E-state index in [4.69, 9.17) is 0 Å². The first-order valence-electron chi connectivity index (χ1n) is 11.1. The van der Waals surface area contributed by atoms with Crippen molar-refractivity contribution in [2.24, 2.45) is 10.1 Å². The molecule has 2 N–H and O–H groups in total. The summed E-state index contributed by atoms with van der Waals surface area (Å²) in [6, 6.07) is 19.6. The smallest absolute Gasteiger partial charge is 0.306 e.